The average molecular weight is 388 g/mol. The largest absolute Gasteiger partial charge is 0.473 e. The van der Waals surface area contributed by atoms with Crippen molar-refractivity contribution in [2.24, 2.45) is 0 Å². The van der Waals surface area contributed by atoms with Gasteiger partial charge in [-0.1, -0.05) is 36.4 Å². The van der Waals surface area contributed by atoms with Gasteiger partial charge in [0.05, 0.1) is 0 Å². The van der Waals surface area contributed by atoms with E-state index < -0.39 is 11.9 Å². The summed E-state index contributed by atoms with van der Waals surface area (Å²) in [5.74, 6) is -3.65. The molecule has 27 heavy (non-hydrogen) atoms. The molecule has 1 aliphatic carbocycles. The number of aryl methyl sites for hydroxylation is 1. The first-order chi connectivity index (χ1) is 13.0. The lowest BCUT2D eigenvalue weighted by Gasteiger charge is -2.18. The molecule has 5 nitrogen and oxygen atoms in total. The molecule has 2 N–H and O–H groups in total. The molecule has 1 aromatic heterocycles. The molecule has 0 bridgehead atoms. The summed E-state index contributed by atoms with van der Waals surface area (Å²) in [6, 6.07) is 13.1. The standard InChI is InChI=1S/C19H23NS.C2H2O4/c1-20(13-10-16-6-3-2-4-7-16)14-11-17-8-5-9-19-18(17)12-15-21-19;3-1(4)2(5)6/h2-4,6-7,11-12,15H,5,8-10,13-14H2,1H3;(H,3,4)(H,5,6)/b17-11+;. The second kappa shape index (κ2) is 10.6. The predicted molar refractivity (Wildman–Crippen MR) is 108 cm³/mol. The molecular weight excluding hydrogens is 362 g/mol. The number of aliphatic carboxylic acids is 2. The summed E-state index contributed by atoms with van der Waals surface area (Å²) in [7, 11) is 2.22. The number of allylic oxidation sites excluding steroid dienone is 1. The van der Waals surface area contributed by atoms with Gasteiger partial charge in [-0.2, -0.15) is 0 Å². The highest BCUT2D eigenvalue weighted by Crippen LogP contribution is 2.33. The van der Waals surface area contributed by atoms with Crippen LogP contribution in [-0.2, 0) is 22.4 Å². The number of carboxylic acids is 2. The van der Waals surface area contributed by atoms with Crippen molar-refractivity contribution in [3.63, 3.8) is 0 Å². The normalized spacial score (nSPS) is 14.4. The van der Waals surface area contributed by atoms with Gasteiger partial charge in [0.25, 0.3) is 0 Å². The van der Waals surface area contributed by atoms with Crippen molar-refractivity contribution in [3.05, 3.63) is 63.9 Å². The van der Waals surface area contributed by atoms with Crippen LogP contribution in [0.5, 0.6) is 0 Å². The summed E-state index contributed by atoms with van der Waals surface area (Å²) in [6.45, 7) is 2.17. The van der Waals surface area contributed by atoms with Crippen LogP contribution in [-0.4, -0.2) is 47.2 Å². The van der Waals surface area contributed by atoms with Crippen LogP contribution < -0.4 is 0 Å². The third-order valence-electron chi connectivity index (χ3n) is 4.40. The minimum Gasteiger partial charge on any atom is -0.473 e. The first-order valence-electron chi connectivity index (χ1n) is 8.92. The molecule has 0 saturated carbocycles. The summed E-state index contributed by atoms with van der Waals surface area (Å²) >= 11 is 1.92. The number of thiophene rings is 1. The van der Waals surface area contributed by atoms with Crippen molar-refractivity contribution >= 4 is 28.8 Å². The molecule has 2 aromatic rings. The lowest BCUT2D eigenvalue weighted by Crippen LogP contribution is -2.21. The molecule has 0 radical (unpaired) electrons. The molecule has 6 heteroatoms. The Morgan fingerprint density at radius 2 is 1.81 bits per heavy atom. The number of nitrogens with zero attached hydrogens (tertiary/aromatic N) is 1. The van der Waals surface area contributed by atoms with E-state index in [1.54, 1.807) is 10.5 Å². The topological polar surface area (TPSA) is 77.8 Å². The fourth-order valence-corrected chi connectivity index (χ4v) is 3.89. The van der Waals surface area contributed by atoms with E-state index in [-0.39, 0.29) is 0 Å². The highest BCUT2D eigenvalue weighted by atomic mass is 32.1. The lowest BCUT2D eigenvalue weighted by atomic mass is 9.93. The van der Waals surface area contributed by atoms with E-state index in [1.165, 1.54) is 30.4 Å². The van der Waals surface area contributed by atoms with Gasteiger partial charge in [-0.15, -0.1) is 11.3 Å². The van der Waals surface area contributed by atoms with Gasteiger partial charge >= 0.3 is 11.9 Å². The van der Waals surface area contributed by atoms with Crippen LogP contribution in [0.15, 0.2) is 47.9 Å². The van der Waals surface area contributed by atoms with Crippen molar-refractivity contribution < 1.29 is 19.8 Å². The third kappa shape index (κ3) is 7.00. The van der Waals surface area contributed by atoms with Gasteiger partial charge in [0, 0.05) is 18.0 Å². The lowest BCUT2D eigenvalue weighted by molar-refractivity contribution is -0.159. The zero-order chi connectivity index (χ0) is 19.6. The number of likely N-dealkylation sites (N-methyl/N-ethyl adjacent to an activating group) is 1. The van der Waals surface area contributed by atoms with E-state index in [9.17, 15) is 0 Å². The summed E-state index contributed by atoms with van der Waals surface area (Å²) in [4.78, 5) is 22.2. The van der Waals surface area contributed by atoms with Gasteiger partial charge in [-0.05, 0) is 60.9 Å². The molecule has 1 aliphatic rings. The molecule has 0 fully saturated rings. The van der Waals surface area contributed by atoms with Crippen LogP contribution in [0, 0.1) is 0 Å². The molecule has 1 heterocycles. The maximum Gasteiger partial charge on any atom is 0.414 e. The second-order valence-corrected chi connectivity index (χ2v) is 7.45. The van der Waals surface area contributed by atoms with Crippen LogP contribution in [0.3, 0.4) is 0 Å². The fourth-order valence-electron chi connectivity index (χ4n) is 2.93. The molecule has 0 atom stereocenters. The van der Waals surface area contributed by atoms with E-state index in [2.05, 4.69) is 59.8 Å². The number of hydrogen-bond donors (Lipinski definition) is 2. The van der Waals surface area contributed by atoms with Crippen LogP contribution in [0.4, 0.5) is 0 Å². The Balaban J connectivity index is 0.000000380. The molecule has 0 saturated heterocycles. The van der Waals surface area contributed by atoms with Gasteiger partial charge in [0.2, 0.25) is 0 Å². The van der Waals surface area contributed by atoms with E-state index in [4.69, 9.17) is 19.8 Å². The fraction of sp³-hybridized carbons (Fsp3) is 0.333. The van der Waals surface area contributed by atoms with Crippen LogP contribution >= 0.6 is 11.3 Å². The Morgan fingerprint density at radius 1 is 1.11 bits per heavy atom. The van der Waals surface area contributed by atoms with Crippen LogP contribution in [0.2, 0.25) is 0 Å². The maximum absolute atomic E-state index is 9.10. The zero-order valence-corrected chi connectivity index (χ0v) is 16.2. The van der Waals surface area contributed by atoms with Crippen LogP contribution in [0.1, 0.15) is 28.8 Å². The van der Waals surface area contributed by atoms with Gasteiger partial charge in [-0.25, -0.2) is 9.59 Å². The van der Waals surface area contributed by atoms with Crippen molar-refractivity contribution in [2.75, 3.05) is 20.1 Å². The van der Waals surface area contributed by atoms with Crippen molar-refractivity contribution in [2.45, 2.75) is 25.7 Å². The molecule has 3 rings (SSSR count). The maximum atomic E-state index is 9.10. The SMILES string of the molecule is CN(C/C=C1\CCCc2sccc21)CCc1ccccc1.O=C(O)C(=O)O. The van der Waals surface area contributed by atoms with Gasteiger partial charge < -0.3 is 15.1 Å². The summed E-state index contributed by atoms with van der Waals surface area (Å²) < 4.78 is 0. The van der Waals surface area contributed by atoms with Crippen molar-refractivity contribution in [3.8, 4) is 0 Å². The predicted octanol–water partition coefficient (Wildman–Crippen LogP) is 3.80. The minimum absolute atomic E-state index is 1.05. The van der Waals surface area contributed by atoms with E-state index >= 15 is 0 Å². The molecule has 144 valence electrons. The Morgan fingerprint density at radius 3 is 2.48 bits per heavy atom. The molecule has 0 amide bonds. The molecule has 1 aromatic carbocycles. The third-order valence-corrected chi connectivity index (χ3v) is 5.38. The Hall–Kier alpha value is -2.44. The van der Waals surface area contributed by atoms with Gasteiger partial charge in [0.15, 0.2) is 0 Å². The number of benzene rings is 1. The smallest absolute Gasteiger partial charge is 0.414 e. The number of hydrogen-bond acceptors (Lipinski definition) is 4. The average Bonchev–Trinajstić information content (AvgIpc) is 3.15. The Kier molecular flexibility index (Phi) is 8.23. The number of carbonyl (C=O) groups is 2. The Bertz CT molecular complexity index is 770. The van der Waals surface area contributed by atoms with Gasteiger partial charge in [0.1, 0.15) is 0 Å². The molecular formula is C21H25NO4S. The summed E-state index contributed by atoms with van der Waals surface area (Å²) in [6.07, 6.45) is 7.40. The number of rotatable bonds is 5. The quantitative estimate of drug-likeness (QED) is 0.763. The van der Waals surface area contributed by atoms with Crippen molar-refractivity contribution in [1.29, 1.82) is 0 Å². The highest BCUT2D eigenvalue weighted by Gasteiger charge is 2.14. The van der Waals surface area contributed by atoms with E-state index in [0.717, 1.165) is 19.5 Å². The van der Waals surface area contributed by atoms with E-state index in [0.29, 0.717) is 0 Å². The first-order valence-corrected chi connectivity index (χ1v) is 9.79. The first kappa shape index (κ1) is 20.9. The zero-order valence-electron chi connectivity index (χ0n) is 15.4. The molecule has 0 aliphatic heterocycles. The summed E-state index contributed by atoms with van der Waals surface area (Å²) in [5, 5.41) is 17.0. The highest BCUT2D eigenvalue weighted by molar-refractivity contribution is 7.10. The monoisotopic (exact) mass is 387 g/mol. The van der Waals surface area contributed by atoms with Gasteiger partial charge in [-0.3, -0.25) is 0 Å². The molecule has 0 spiro atoms. The number of fused-ring (bicyclic) bond motifs is 1. The summed E-state index contributed by atoms with van der Waals surface area (Å²) in [5.41, 5.74) is 4.50. The minimum atomic E-state index is -1.82. The second-order valence-electron chi connectivity index (χ2n) is 6.45. The van der Waals surface area contributed by atoms with Crippen LogP contribution in [0.25, 0.3) is 5.57 Å². The number of carboxylic acid groups (broad SMARTS) is 2. The van der Waals surface area contributed by atoms with E-state index in [1.807, 2.05) is 11.3 Å². The molecule has 0 unspecified atom stereocenters. The Labute approximate surface area is 163 Å². The van der Waals surface area contributed by atoms with Crippen molar-refractivity contribution in [1.82, 2.24) is 4.90 Å².